The number of amides is 1. The molecule has 0 atom stereocenters. The van der Waals surface area contributed by atoms with Crippen LogP contribution in [0.25, 0.3) is 0 Å². The number of carbonyl (C=O) groups is 1. The van der Waals surface area contributed by atoms with Crippen LogP contribution in [0, 0.1) is 5.92 Å². The van der Waals surface area contributed by atoms with Crippen LogP contribution in [0.4, 0.5) is 0 Å². The van der Waals surface area contributed by atoms with Crippen LogP contribution in [-0.4, -0.2) is 49.8 Å². The smallest absolute Gasteiger partial charge is 0.220 e. The van der Waals surface area contributed by atoms with E-state index >= 15 is 0 Å². The van der Waals surface area contributed by atoms with Gasteiger partial charge in [0.25, 0.3) is 0 Å². The number of thioether (sulfide) groups is 1. The Morgan fingerprint density at radius 2 is 1.96 bits per heavy atom. The topological polar surface area (TPSA) is 41.6 Å². The van der Waals surface area contributed by atoms with Gasteiger partial charge in [-0.25, -0.2) is 0 Å². The standard InChI is InChI=1S/C20H32N2O2S/c1-17-9-14-22(15-10-17)13-4-3-12-21-20(23)11-16-25-19-7-5-18(24-2)6-8-19/h5-8,17H,3-4,9-16H2,1-2H3,(H,21,23). The third-order valence-corrected chi connectivity index (χ3v) is 5.77. The number of unbranched alkanes of at least 4 members (excludes halogenated alkanes) is 1. The number of methoxy groups -OCH3 is 1. The van der Waals surface area contributed by atoms with Crippen molar-refractivity contribution < 1.29 is 9.53 Å². The second-order valence-electron chi connectivity index (χ2n) is 6.86. The lowest BCUT2D eigenvalue weighted by molar-refractivity contribution is -0.120. The predicted octanol–water partition coefficient (Wildman–Crippen LogP) is 3.81. The highest BCUT2D eigenvalue weighted by Gasteiger charge is 2.14. The fourth-order valence-electron chi connectivity index (χ4n) is 3.00. The van der Waals surface area contributed by atoms with Crippen molar-refractivity contribution in [3.63, 3.8) is 0 Å². The molecule has 5 heteroatoms. The zero-order valence-electron chi connectivity index (χ0n) is 15.6. The lowest BCUT2D eigenvalue weighted by Gasteiger charge is -2.30. The minimum Gasteiger partial charge on any atom is -0.497 e. The van der Waals surface area contributed by atoms with Crippen LogP contribution in [0.3, 0.4) is 0 Å². The maximum atomic E-state index is 11.9. The fourth-order valence-corrected chi connectivity index (χ4v) is 3.85. The van der Waals surface area contributed by atoms with Crippen molar-refractivity contribution in [1.82, 2.24) is 10.2 Å². The van der Waals surface area contributed by atoms with Gasteiger partial charge in [0.2, 0.25) is 5.91 Å². The van der Waals surface area contributed by atoms with Crippen LogP contribution < -0.4 is 10.1 Å². The van der Waals surface area contributed by atoms with Crippen LogP contribution in [0.5, 0.6) is 5.75 Å². The first-order valence-electron chi connectivity index (χ1n) is 9.43. The lowest BCUT2D eigenvalue weighted by Crippen LogP contribution is -2.34. The zero-order valence-corrected chi connectivity index (χ0v) is 16.4. The van der Waals surface area contributed by atoms with Crippen LogP contribution in [-0.2, 0) is 4.79 Å². The number of hydrogen-bond donors (Lipinski definition) is 1. The Balaban J connectivity index is 1.46. The highest BCUT2D eigenvalue weighted by Crippen LogP contribution is 2.21. The van der Waals surface area contributed by atoms with Crippen LogP contribution in [0.2, 0.25) is 0 Å². The Labute approximate surface area is 156 Å². The number of nitrogens with zero attached hydrogens (tertiary/aromatic N) is 1. The summed E-state index contributed by atoms with van der Waals surface area (Å²) in [6, 6.07) is 7.96. The highest BCUT2D eigenvalue weighted by molar-refractivity contribution is 7.99. The predicted molar refractivity (Wildman–Crippen MR) is 105 cm³/mol. The molecule has 4 nitrogen and oxygen atoms in total. The molecule has 0 radical (unpaired) electrons. The molecule has 0 aromatic heterocycles. The summed E-state index contributed by atoms with van der Waals surface area (Å²) >= 11 is 1.71. The van der Waals surface area contributed by atoms with E-state index in [1.54, 1.807) is 18.9 Å². The second-order valence-corrected chi connectivity index (χ2v) is 8.02. The van der Waals surface area contributed by atoms with Crippen LogP contribution in [0.15, 0.2) is 29.2 Å². The van der Waals surface area contributed by atoms with Crippen molar-refractivity contribution >= 4 is 17.7 Å². The number of ether oxygens (including phenoxy) is 1. The number of carbonyl (C=O) groups excluding carboxylic acids is 1. The number of piperidine rings is 1. The average molecular weight is 365 g/mol. The van der Waals surface area contributed by atoms with Gasteiger partial charge in [0.1, 0.15) is 5.75 Å². The molecule has 0 unspecified atom stereocenters. The van der Waals surface area contributed by atoms with E-state index in [0.29, 0.717) is 6.42 Å². The molecule has 1 fully saturated rings. The van der Waals surface area contributed by atoms with E-state index < -0.39 is 0 Å². The molecule has 1 aliphatic heterocycles. The SMILES string of the molecule is COc1ccc(SCCC(=O)NCCCCN2CCC(C)CC2)cc1. The fraction of sp³-hybridized carbons (Fsp3) is 0.650. The van der Waals surface area contributed by atoms with E-state index in [1.165, 1.54) is 43.8 Å². The van der Waals surface area contributed by atoms with Gasteiger partial charge in [-0.05, 0) is 75.5 Å². The zero-order chi connectivity index (χ0) is 17.9. The maximum Gasteiger partial charge on any atom is 0.220 e. The minimum atomic E-state index is 0.160. The summed E-state index contributed by atoms with van der Waals surface area (Å²) in [6.45, 7) is 6.82. The van der Waals surface area contributed by atoms with E-state index in [1.807, 2.05) is 24.3 Å². The van der Waals surface area contributed by atoms with Gasteiger partial charge in [-0.15, -0.1) is 11.8 Å². The Morgan fingerprint density at radius 1 is 1.24 bits per heavy atom. The molecule has 0 saturated carbocycles. The third-order valence-electron chi connectivity index (χ3n) is 4.76. The molecule has 1 N–H and O–H groups in total. The van der Waals surface area contributed by atoms with Crippen molar-refractivity contribution in [2.75, 3.05) is 39.0 Å². The van der Waals surface area contributed by atoms with Gasteiger partial charge in [-0.3, -0.25) is 4.79 Å². The van der Waals surface area contributed by atoms with Gasteiger partial charge in [0.05, 0.1) is 7.11 Å². The Bertz CT molecular complexity index is 499. The maximum absolute atomic E-state index is 11.9. The third kappa shape index (κ3) is 8.15. The first kappa shape index (κ1) is 20.1. The van der Waals surface area contributed by atoms with E-state index in [4.69, 9.17) is 4.74 Å². The number of nitrogens with one attached hydrogen (secondary N) is 1. The molecular formula is C20H32N2O2S. The molecule has 25 heavy (non-hydrogen) atoms. The van der Waals surface area contributed by atoms with E-state index in [0.717, 1.165) is 30.4 Å². The highest BCUT2D eigenvalue weighted by atomic mass is 32.2. The van der Waals surface area contributed by atoms with E-state index in [2.05, 4.69) is 17.1 Å². The molecule has 0 bridgehead atoms. The summed E-state index contributed by atoms with van der Waals surface area (Å²) in [4.78, 5) is 15.6. The summed E-state index contributed by atoms with van der Waals surface area (Å²) in [5, 5.41) is 3.04. The molecule has 140 valence electrons. The summed E-state index contributed by atoms with van der Waals surface area (Å²) in [6.07, 6.45) is 5.49. The van der Waals surface area contributed by atoms with Gasteiger partial charge in [-0.2, -0.15) is 0 Å². The number of benzene rings is 1. The first-order chi connectivity index (χ1) is 12.2. The van der Waals surface area contributed by atoms with Gasteiger partial charge in [0, 0.05) is 23.6 Å². The van der Waals surface area contributed by atoms with Gasteiger partial charge in [-0.1, -0.05) is 6.92 Å². The first-order valence-corrected chi connectivity index (χ1v) is 10.4. The quantitative estimate of drug-likeness (QED) is 0.506. The van der Waals surface area contributed by atoms with Gasteiger partial charge in [0.15, 0.2) is 0 Å². The Morgan fingerprint density at radius 3 is 2.64 bits per heavy atom. The summed E-state index contributed by atoms with van der Waals surface area (Å²) in [7, 11) is 1.67. The summed E-state index contributed by atoms with van der Waals surface area (Å²) in [5.74, 6) is 2.73. The monoisotopic (exact) mass is 364 g/mol. The van der Waals surface area contributed by atoms with Crippen LogP contribution in [0.1, 0.15) is 39.0 Å². The van der Waals surface area contributed by atoms with E-state index in [9.17, 15) is 4.79 Å². The Kier molecular flexibility index (Phi) is 9.19. The van der Waals surface area contributed by atoms with Gasteiger partial charge >= 0.3 is 0 Å². The second kappa shape index (κ2) is 11.4. The van der Waals surface area contributed by atoms with Crippen molar-refractivity contribution in [3.8, 4) is 5.75 Å². The van der Waals surface area contributed by atoms with Crippen molar-refractivity contribution in [3.05, 3.63) is 24.3 Å². The summed E-state index contributed by atoms with van der Waals surface area (Å²) < 4.78 is 5.14. The molecule has 1 aliphatic rings. The van der Waals surface area contributed by atoms with E-state index in [-0.39, 0.29) is 5.91 Å². The largest absolute Gasteiger partial charge is 0.497 e. The number of likely N-dealkylation sites (tertiary alicyclic amines) is 1. The molecule has 0 aliphatic carbocycles. The average Bonchev–Trinajstić information content (AvgIpc) is 2.63. The molecule has 1 heterocycles. The molecular weight excluding hydrogens is 332 g/mol. The number of hydrogen-bond acceptors (Lipinski definition) is 4. The van der Waals surface area contributed by atoms with Gasteiger partial charge < -0.3 is 15.0 Å². The van der Waals surface area contributed by atoms with Crippen molar-refractivity contribution in [2.24, 2.45) is 5.92 Å². The normalized spacial score (nSPS) is 15.9. The molecule has 1 aromatic carbocycles. The van der Waals surface area contributed by atoms with Crippen molar-refractivity contribution in [1.29, 1.82) is 0 Å². The molecule has 1 amide bonds. The molecule has 0 spiro atoms. The Hall–Kier alpha value is -1.20. The lowest BCUT2D eigenvalue weighted by atomic mass is 9.99. The van der Waals surface area contributed by atoms with Crippen molar-refractivity contribution in [2.45, 2.75) is 43.9 Å². The molecule has 2 rings (SSSR count). The molecule has 1 aromatic rings. The summed E-state index contributed by atoms with van der Waals surface area (Å²) in [5.41, 5.74) is 0. The van der Waals surface area contributed by atoms with Crippen LogP contribution >= 0.6 is 11.8 Å². The molecule has 1 saturated heterocycles. The number of rotatable bonds is 10. The minimum absolute atomic E-state index is 0.160.